The fourth-order valence-corrected chi connectivity index (χ4v) is 2.73. The number of fused-ring (bicyclic) bond motifs is 1. The molecular weight excluding hydrogens is 263 g/mol. The zero-order chi connectivity index (χ0) is 14.2. The summed E-state index contributed by atoms with van der Waals surface area (Å²) in [6.07, 6.45) is 2.09. The maximum Gasteiger partial charge on any atom is 0.260 e. The lowest BCUT2D eigenvalue weighted by atomic mass is 9.80. The van der Waals surface area contributed by atoms with Gasteiger partial charge in [-0.1, -0.05) is 5.16 Å². The fraction of sp³-hybridized carbons (Fsp3) is 0.714. The Kier molecular flexibility index (Phi) is 3.50. The molecule has 0 atom stereocenters. The van der Waals surface area contributed by atoms with Gasteiger partial charge < -0.3 is 14.2 Å². The molecule has 0 unspecified atom stereocenters. The lowest BCUT2D eigenvalue weighted by Gasteiger charge is -2.38. The molecule has 0 spiro atoms. The minimum atomic E-state index is -1.63. The second kappa shape index (κ2) is 5.16. The lowest BCUT2D eigenvalue weighted by molar-refractivity contribution is -0.151. The first-order valence-electron chi connectivity index (χ1n) is 7.16. The number of carbonyl (C=O) groups is 1. The van der Waals surface area contributed by atoms with E-state index in [-0.39, 0.29) is 5.91 Å². The molecule has 1 aromatic heterocycles. The number of carbonyl (C=O) groups excluding carboxylic acids is 1. The molecule has 3 rings (SSSR count). The number of hydrogen-bond acceptors (Lipinski definition) is 4. The third kappa shape index (κ3) is 2.22. The molecule has 2 heterocycles. The van der Waals surface area contributed by atoms with Crippen LogP contribution in [0.2, 0.25) is 0 Å². The van der Waals surface area contributed by atoms with Crippen LogP contribution in [0.5, 0.6) is 0 Å². The molecule has 0 aromatic carbocycles. The number of amides is 1. The Balaban J connectivity index is 1.73. The number of alkyl halides is 1. The quantitative estimate of drug-likeness (QED) is 0.847. The van der Waals surface area contributed by atoms with Gasteiger partial charge in [-0.3, -0.25) is 4.79 Å². The van der Waals surface area contributed by atoms with Gasteiger partial charge in [0.05, 0.1) is 13.2 Å². The summed E-state index contributed by atoms with van der Waals surface area (Å²) in [5, 5.41) is 3.99. The van der Waals surface area contributed by atoms with Crippen LogP contribution in [0.1, 0.15) is 43.2 Å². The molecule has 2 aliphatic rings. The summed E-state index contributed by atoms with van der Waals surface area (Å²) in [6, 6.07) is 0. The van der Waals surface area contributed by atoms with Crippen LogP contribution in [-0.4, -0.2) is 34.8 Å². The Morgan fingerprint density at radius 3 is 3.00 bits per heavy atom. The summed E-state index contributed by atoms with van der Waals surface area (Å²) < 4.78 is 24.9. The van der Waals surface area contributed by atoms with E-state index in [1.165, 1.54) is 0 Å². The van der Waals surface area contributed by atoms with E-state index in [2.05, 4.69) is 5.16 Å². The van der Waals surface area contributed by atoms with Crippen LogP contribution >= 0.6 is 0 Å². The van der Waals surface area contributed by atoms with Crippen molar-refractivity contribution in [2.24, 2.45) is 0 Å². The molecular formula is C14H19FN2O3. The third-order valence-electron chi connectivity index (χ3n) is 4.17. The number of rotatable bonds is 4. The fourth-order valence-electron chi connectivity index (χ4n) is 2.73. The van der Waals surface area contributed by atoms with Gasteiger partial charge >= 0.3 is 0 Å². The first kappa shape index (κ1) is 13.5. The van der Waals surface area contributed by atoms with Crippen LogP contribution in [0, 0.1) is 0 Å². The standard InChI is InChI=1S/C14H19FN2O3/c1-2-19-9-11-10-8-17(7-4-12(10)20-16-11)13(18)14(15)5-3-6-14/h2-9H2,1H3. The summed E-state index contributed by atoms with van der Waals surface area (Å²) in [4.78, 5) is 13.8. The Bertz CT molecular complexity index is 511. The SMILES string of the molecule is CCOCc1noc2c1CN(C(=O)C1(F)CCC1)CC2. The first-order valence-corrected chi connectivity index (χ1v) is 7.16. The van der Waals surface area contributed by atoms with Gasteiger partial charge in [-0.25, -0.2) is 4.39 Å². The lowest BCUT2D eigenvalue weighted by Crippen LogP contribution is -2.51. The van der Waals surface area contributed by atoms with E-state index >= 15 is 0 Å². The smallest absolute Gasteiger partial charge is 0.260 e. The second-order valence-electron chi connectivity index (χ2n) is 5.46. The van der Waals surface area contributed by atoms with Gasteiger partial charge in [0, 0.05) is 25.1 Å². The average Bonchev–Trinajstić information content (AvgIpc) is 2.84. The minimum absolute atomic E-state index is 0.352. The molecule has 0 saturated heterocycles. The Morgan fingerprint density at radius 2 is 2.35 bits per heavy atom. The van der Waals surface area contributed by atoms with Gasteiger partial charge in [0.1, 0.15) is 11.5 Å². The number of aromatic nitrogens is 1. The predicted molar refractivity (Wildman–Crippen MR) is 68.6 cm³/mol. The monoisotopic (exact) mass is 282 g/mol. The molecule has 110 valence electrons. The molecule has 20 heavy (non-hydrogen) atoms. The van der Waals surface area contributed by atoms with Crippen LogP contribution in [0.4, 0.5) is 4.39 Å². The van der Waals surface area contributed by atoms with Crippen molar-refractivity contribution in [1.29, 1.82) is 0 Å². The van der Waals surface area contributed by atoms with Crippen molar-refractivity contribution < 1.29 is 18.4 Å². The van der Waals surface area contributed by atoms with Gasteiger partial charge in [-0.15, -0.1) is 0 Å². The van der Waals surface area contributed by atoms with E-state index in [0.29, 0.717) is 45.6 Å². The molecule has 1 aliphatic heterocycles. The molecule has 1 amide bonds. The van der Waals surface area contributed by atoms with E-state index in [1.807, 2.05) is 6.92 Å². The average molecular weight is 282 g/mol. The van der Waals surface area contributed by atoms with Gasteiger partial charge in [0.25, 0.3) is 5.91 Å². The second-order valence-corrected chi connectivity index (χ2v) is 5.46. The summed E-state index contributed by atoms with van der Waals surface area (Å²) in [6.45, 7) is 3.76. The molecule has 6 heteroatoms. The molecule has 5 nitrogen and oxygen atoms in total. The van der Waals surface area contributed by atoms with Gasteiger partial charge in [-0.05, 0) is 26.2 Å². The number of ether oxygens (including phenoxy) is 1. The largest absolute Gasteiger partial charge is 0.375 e. The van der Waals surface area contributed by atoms with E-state index in [0.717, 1.165) is 23.4 Å². The molecule has 1 aromatic rings. The van der Waals surface area contributed by atoms with Crippen molar-refractivity contribution in [3.05, 3.63) is 17.0 Å². The van der Waals surface area contributed by atoms with E-state index in [9.17, 15) is 9.18 Å². The van der Waals surface area contributed by atoms with Crippen LogP contribution < -0.4 is 0 Å². The van der Waals surface area contributed by atoms with Crippen molar-refractivity contribution in [2.45, 2.75) is 51.4 Å². The molecule has 1 fully saturated rings. The third-order valence-corrected chi connectivity index (χ3v) is 4.17. The summed E-state index contributed by atoms with van der Waals surface area (Å²) in [7, 11) is 0. The van der Waals surface area contributed by atoms with Gasteiger partial charge in [0.15, 0.2) is 5.67 Å². The topological polar surface area (TPSA) is 55.6 Å². The Morgan fingerprint density at radius 1 is 1.55 bits per heavy atom. The van der Waals surface area contributed by atoms with E-state index in [1.54, 1.807) is 4.90 Å². The van der Waals surface area contributed by atoms with Crippen LogP contribution in [0.25, 0.3) is 0 Å². The highest BCUT2D eigenvalue weighted by Gasteiger charge is 2.47. The van der Waals surface area contributed by atoms with Crippen molar-refractivity contribution in [2.75, 3.05) is 13.2 Å². The normalized spacial score (nSPS) is 20.4. The van der Waals surface area contributed by atoms with Crippen molar-refractivity contribution in [3.8, 4) is 0 Å². The van der Waals surface area contributed by atoms with Gasteiger partial charge in [-0.2, -0.15) is 0 Å². The minimum Gasteiger partial charge on any atom is -0.375 e. The zero-order valence-electron chi connectivity index (χ0n) is 11.7. The highest BCUT2D eigenvalue weighted by Crippen LogP contribution is 2.38. The maximum absolute atomic E-state index is 14.2. The number of halogens is 1. The predicted octanol–water partition coefficient (Wildman–Crippen LogP) is 1.99. The highest BCUT2D eigenvalue weighted by molar-refractivity contribution is 5.86. The zero-order valence-corrected chi connectivity index (χ0v) is 11.7. The number of hydrogen-bond donors (Lipinski definition) is 0. The Labute approximate surface area is 117 Å². The van der Waals surface area contributed by atoms with Crippen molar-refractivity contribution >= 4 is 5.91 Å². The molecule has 1 saturated carbocycles. The van der Waals surface area contributed by atoms with Crippen molar-refractivity contribution in [1.82, 2.24) is 10.1 Å². The molecule has 0 radical (unpaired) electrons. The number of nitrogens with zero attached hydrogens (tertiary/aromatic N) is 2. The summed E-state index contributed by atoms with van der Waals surface area (Å²) in [5.74, 6) is 0.420. The molecule has 1 aliphatic carbocycles. The highest BCUT2D eigenvalue weighted by atomic mass is 19.1. The summed E-state index contributed by atoms with van der Waals surface area (Å²) >= 11 is 0. The van der Waals surface area contributed by atoms with Gasteiger partial charge in [0.2, 0.25) is 0 Å². The molecule has 0 N–H and O–H groups in total. The Hall–Kier alpha value is -1.43. The van der Waals surface area contributed by atoms with Crippen LogP contribution in [-0.2, 0) is 29.1 Å². The van der Waals surface area contributed by atoms with E-state index in [4.69, 9.17) is 9.26 Å². The first-order chi connectivity index (χ1) is 9.64. The van der Waals surface area contributed by atoms with Crippen LogP contribution in [0.15, 0.2) is 4.52 Å². The van der Waals surface area contributed by atoms with E-state index < -0.39 is 5.67 Å². The van der Waals surface area contributed by atoms with Crippen LogP contribution in [0.3, 0.4) is 0 Å². The summed E-state index contributed by atoms with van der Waals surface area (Å²) in [5.41, 5.74) is -0.0174. The van der Waals surface area contributed by atoms with Crippen molar-refractivity contribution in [3.63, 3.8) is 0 Å². The molecule has 0 bridgehead atoms. The maximum atomic E-state index is 14.2.